The van der Waals surface area contributed by atoms with Gasteiger partial charge in [-0.2, -0.15) is 0 Å². The number of fused-ring (bicyclic) bond motifs is 5. The molecule has 2 fully saturated rings. The number of hydrogen-bond acceptors (Lipinski definition) is 4. The minimum absolute atomic E-state index is 0.171. The summed E-state index contributed by atoms with van der Waals surface area (Å²) in [5, 5.41) is -0.171. The zero-order valence-electron chi connectivity index (χ0n) is 15.4. The lowest BCUT2D eigenvalue weighted by Crippen LogP contribution is -2.43. The second-order valence-electron chi connectivity index (χ2n) is 7.55. The molecule has 0 spiro atoms. The van der Waals surface area contributed by atoms with Gasteiger partial charge in [0.1, 0.15) is 5.82 Å². The zero-order chi connectivity index (χ0) is 20.4. The van der Waals surface area contributed by atoms with Crippen LogP contribution in [0.3, 0.4) is 0 Å². The fourth-order valence-electron chi connectivity index (χ4n) is 4.90. The first kappa shape index (κ1) is 18.1. The summed E-state index contributed by atoms with van der Waals surface area (Å²) < 4.78 is 13.6. The van der Waals surface area contributed by atoms with Crippen LogP contribution in [-0.4, -0.2) is 28.5 Å². The molecule has 2 aromatic carbocycles. The first-order chi connectivity index (χ1) is 13.9. The quantitative estimate of drug-likeness (QED) is 0.710. The number of nitrogens with zero attached hydrogens (tertiary/aromatic N) is 2. The van der Waals surface area contributed by atoms with Crippen LogP contribution in [0.25, 0.3) is 6.08 Å². The number of halogens is 2. The lowest BCUT2D eigenvalue weighted by atomic mass is 9.84. The Bertz CT molecular complexity index is 1110. The molecule has 3 heterocycles. The van der Waals surface area contributed by atoms with Crippen LogP contribution in [0.1, 0.15) is 24.1 Å². The maximum atomic E-state index is 13.6. The van der Waals surface area contributed by atoms with Crippen LogP contribution in [0.4, 0.5) is 10.1 Å². The molecule has 3 aliphatic rings. The molecule has 146 valence electrons. The summed E-state index contributed by atoms with van der Waals surface area (Å²) in [5.74, 6) is -3.16. The first-order valence-corrected chi connectivity index (χ1v) is 9.66. The maximum absolute atomic E-state index is 13.6. The van der Waals surface area contributed by atoms with Gasteiger partial charge in [-0.15, -0.1) is 0 Å². The van der Waals surface area contributed by atoms with Gasteiger partial charge in [-0.25, -0.2) is 9.29 Å². The van der Waals surface area contributed by atoms with E-state index in [0.717, 1.165) is 22.1 Å². The van der Waals surface area contributed by atoms with Gasteiger partial charge in [-0.1, -0.05) is 35.9 Å². The Hall–Kier alpha value is -2.99. The summed E-state index contributed by atoms with van der Waals surface area (Å²) in [6.07, 6.45) is 3.70. The molecule has 3 aliphatic heterocycles. The third-order valence-electron chi connectivity index (χ3n) is 6.04. The van der Waals surface area contributed by atoms with Gasteiger partial charge in [0, 0.05) is 6.20 Å². The van der Waals surface area contributed by atoms with Crippen molar-refractivity contribution in [3.8, 4) is 0 Å². The third-order valence-corrected chi connectivity index (χ3v) is 6.33. The van der Waals surface area contributed by atoms with Crippen molar-refractivity contribution in [3.05, 3.63) is 70.6 Å². The summed E-state index contributed by atoms with van der Waals surface area (Å²) >= 11 is 5.87. The van der Waals surface area contributed by atoms with Gasteiger partial charge in [-0.3, -0.25) is 14.4 Å². The number of carbonyl (C=O) groups excluding carboxylic acids is 3. The van der Waals surface area contributed by atoms with E-state index in [-0.39, 0.29) is 16.5 Å². The number of carbonyl (C=O) groups is 3. The van der Waals surface area contributed by atoms with Gasteiger partial charge in [0.2, 0.25) is 11.8 Å². The van der Waals surface area contributed by atoms with Crippen LogP contribution >= 0.6 is 11.6 Å². The Kier molecular flexibility index (Phi) is 3.90. The van der Waals surface area contributed by atoms with Gasteiger partial charge in [0.25, 0.3) is 0 Å². The number of Topliss-reactive ketones (excluding diaryl/α,β-unsaturated/α-hetero) is 1. The highest BCUT2D eigenvalue weighted by atomic mass is 35.5. The summed E-state index contributed by atoms with van der Waals surface area (Å²) in [6, 6.07) is 10.3. The van der Waals surface area contributed by atoms with Gasteiger partial charge in [0.15, 0.2) is 5.78 Å². The largest absolute Gasteiger partial charge is 0.359 e. The molecule has 0 bridgehead atoms. The molecule has 5 nitrogen and oxygen atoms in total. The molecule has 29 heavy (non-hydrogen) atoms. The second kappa shape index (κ2) is 6.26. The summed E-state index contributed by atoms with van der Waals surface area (Å²) in [4.78, 5) is 42.2. The van der Waals surface area contributed by atoms with Crippen LogP contribution in [0.15, 0.2) is 48.7 Å². The van der Waals surface area contributed by atoms with Crippen LogP contribution in [0, 0.1) is 17.7 Å². The molecule has 2 aromatic rings. The predicted octanol–water partition coefficient (Wildman–Crippen LogP) is 3.58. The predicted molar refractivity (Wildman–Crippen MR) is 105 cm³/mol. The first-order valence-electron chi connectivity index (χ1n) is 9.28. The number of rotatable bonds is 2. The SMILES string of the molecule is CC(=O)[C@@H]1[C@@H]2C(=O)N(c3ccc(F)c(Cl)c3)C(=O)[C@H]2[C@@H]2c3ccccc3C=CN12. The number of hydrogen-bond donors (Lipinski definition) is 0. The normalized spacial score (nSPS) is 27.1. The molecule has 2 amide bonds. The van der Waals surface area contributed by atoms with E-state index in [1.165, 1.54) is 19.1 Å². The molecular weight excluding hydrogens is 395 g/mol. The number of anilines is 1. The van der Waals surface area contributed by atoms with Crippen LogP contribution in [-0.2, 0) is 14.4 Å². The molecule has 0 saturated carbocycles. The highest BCUT2D eigenvalue weighted by Crippen LogP contribution is 2.53. The van der Waals surface area contributed by atoms with Gasteiger partial charge in [-0.05, 0) is 42.3 Å². The molecule has 0 aromatic heterocycles. The number of benzene rings is 2. The molecule has 2 saturated heterocycles. The Morgan fingerprint density at radius 3 is 2.52 bits per heavy atom. The van der Waals surface area contributed by atoms with Crippen molar-refractivity contribution in [1.29, 1.82) is 0 Å². The van der Waals surface area contributed by atoms with E-state index in [1.807, 2.05) is 35.2 Å². The van der Waals surface area contributed by atoms with E-state index in [4.69, 9.17) is 11.6 Å². The van der Waals surface area contributed by atoms with Crippen molar-refractivity contribution in [3.63, 3.8) is 0 Å². The maximum Gasteiger partial charge on any atom is 0.240 e. The van der Waals surface area contributed by atoms with Crippen molar-refractivity contribution < 1.29 is 18.8 Å². The lowest BCUT2D eigenvalue weighted by molar-refractivity contribution is -0.129. The van der Waals surface area contributed by atoms with Crippen molar-refractivity contribution in [2.75, 3.05) is 4.90 Å². The highest BCUT2D eigenvalue weighted by Gasteiger charge is 2.63. The topological polar surface area (TPSA) is 57.7 Å². The van der Waals surface area contributed by atoms with E-state index in [1.54, 1.807) is 6.20 Å². The fourth-order valence-corrected chi connectivity index (χ4v) is 5.07. The van der Waals surface area contributed by atoms with Gasteiger partial charge in [0.05, 0.1) is 34.6 Å². The van der Waals surface area contributed by atoms with Crippen molar-refractivity contribution in [2.45, 2.75) is 19.0 Å². The van der Waals surface area contributed by atoms with E-state index in [2.05, 4.69) is 0 Å². The van der Waals surface area contributed by atoms with E-state index < -0.39 is 41.6 Å². The lowest BCUT2D eigenvalue weighted by Gasteiger charge is -2.34. The van der Waals surface area contributed by atoms with Crippen molar-refractivity contribution in [1.82, 2.24) is 4.90 Å². The summed E-state index contributed by atoms with van der Waals surface area (Å²) in [6.45, 7) is 1.44. The smallest absolute Gasteiger partial charge is 0.240 e. The zero-order valence-corrected chi connectivity index (χ0v) is 16.1. The average molecular weight is 411 g/mol. The van der Waals surface area contributed by atoms with Crippen LogP contribution < -0.4 is 4.90 Å². The minimum Gasteiger partial charge on any atom is -0.359 e. The summed E-state index contributed by atoms with van der Waals surface area (Å²) in [7, 11) is 0. The van der Waals surface area contributed by atoms with Crippen molar-refractivity contribution in [2.24, 2.45) is 11.8 Å². The van der Waals surface area contributed by atoms with Crippen molar-refractivity contribution >= 4 is 41.0 Å². The van der Waals surface area contributed by atoms with Crippen LogP contribution in [0.2, 0.25) is 5.02 Å². The fraction of sp³-hybridized carbons (Fsp3) is 0.227. The average Bonchev–Trinajstić information content (AvgIpc) is 3.17. The molecule has 4 atom stereocenters. The van der Waals surface area contributed by atoms with Gasteiger partial charge < -0.3 is 4.90 Å². The molecular formula is C22H16ClFN2O3. The van der Waals surface area contributed by atoms with E-state index >= 15 is 0 Å². The van der Waals surface area contributed by atoms with E-state index in [9.17, 15) is 18.8 Å². The molecule has 5 rings (SSSR count). The Balaban J connectivity index is 1.65. The number of imide groups is 1. The summed E-state index contributed by atoms with van der Waals surface area (Å²) in [5.41, 5.74) is 2.09. The number of ketones is 1. The molecule has 0 radical (unpaired) electrons. The highest BCUT2D eigenvalue weighted by molar-refractivity contribution is 6.31. The minimum atomic E-state index is -0.801. The number of amides is 2. The molecule has 0 N–H and O–H groups in total. The standard InChI is InChI=1S/C22H16ClFN2O3/c1-11(27)19-17-18(20-14-5-3-2-4-12(14)8-9-25(19)20)22(29)26(21(17)28)13-6-7-16(24)15(23)10-13/h2-10,17-20H,1H3/t17-,18-,19-,20+/m1/s1. The Labute approximate surface area is 171 Å². The monoisotopic (exact) mass is 410 g/mol. The molecule has 0 aliphatic carbocycles. The Morgan fingerprint density at radius 2 is 1.79 bits per heavy atom. The second-order valence-corrected chi connectivity index (χ2v) is 7.96. The van der Waals surface area contributed by atoms with Crippen LogP contribution in [0.5, 0.6) is 0 Å². The van der Waals surface area contributed by atoms with Gasteiger partial charge >= 0.3 is 0 Å². The Morgan fingerprint density at radius 1 is 1.07 bits per heavy atom. The molecule has 0 unspecified atom stereocenters. The third kappa shape index (κ3) is 2.42. The molecule has 7 heteroatoms. The van der Waals surface area contributed by atoms with E-state index in [0.29, 0.717) is 0 Å².